The maximum Gasteiger partial charge on any atom is 0.133 e. The van der Waals surface area contributed by atoms with Gasteiger partial charge in [0.05, 0.1) is 6.61 Å². The van der Waals surface area contributed by atoms with Crippen LogP contribution in [0.1, 0.15) is 32.6 Å². The molecule has 62 valence electrons. The van der Waals surface area contributed by atoms with Gasteiger partial charge < -0.3 is 5.11 Å². The van der Waals surface area contributed by atoms with Gasteiger partial charge >= 0.3 is 0 Å². The third-order valence-electron chi connectivity index (χ3n) is 2.25. The molecule has 1 saturated carbocycles. The van der Waals surface area contributed by atoms with Crippen molar-refractivity contribution < 1.29 is 9.90 Å². The fourth-order valence-corrected chi connectivity index (χ4v) is 1.37. The number of aliphatic hydroxyl groups is 1. The van der Waals surface area contributed by atoms with Crippen LogP contribution in [-0.4, -0.2) is 17.5 Å². The Morgan fingerprint density at radius 3 is 2.36 bits per heavy atom. The van der Waals surface area contributed by atoms with Crippen molar-refractivity contribution in [1.29, 1.82) is 0 Å². The van der Waals surface area contributed by atoms with Gasteiger partial charge in [0.1, 0.15) is 5.78 Å². The summed E-state index contributed by atoms with van der Waals surface area (Å²) in [6.45, 7) is 2.08. The highest BCUT2D eigenvalue weighted by atomic mass is 16.3. The van der Waals surface area contributed by atoms with Crippen LogP contribution in [0.4, 0.5) is 0 Å². The molecule has 2 nitrogen and oxygen atoms in total. The first-order valence-corrected chi connectivity index (χ1v) is 4.04. The number of Topliss-reactive ketones (excluding diaryl/α,β-unsaturated/α-hetero) is 1. The van der Waals surface area contributed by atoms with Gasteiger partial charge in [-0.1, -0.05) is 5.57 Å². The highest BCUT2D eigenvalue weighted by Crippen LogP contribution is 2.23. The van der Waals surface area contributed by atoms with Crippen LogP contribution in [0.25, 0.3) is 0 Å². The number of aliphatic hydroxyl groups excluding tert-OH is 1. The maximum atomic E-state index is 10.8. The normalized spacial score (nSPS) is 18.7. The van der Waals surface area contributed by atoms with Crippen molar-refractivity contribution in [3.8, 4) is 0 Å². The van der Waals surface area contributed by atoms with Crippen molar-refractivity contribution in [1.82, 2.24) is 0 Å². The van der Waals surface area contributed by atoms with Gasteiger partial charge in [0.25, 0.3) is 0 Å². The fourth-order valence-electron chi connectivity index (χ4n) is 1.37. The Morgan fingerprint density at radius 1 is 1.36 bits per heavy atom. The van der Waals surface area contributed by atoms with Crippen molar-refractivity contribution in [2.24, 2.45) is 0 Å². The van der Waals surface area contributed by atoms with Gasteiger partial charge in [0.15, 0.2) is 0 Å². The highest BCUT2D eigenvalue weighted by molar-refractivity contribution is 5.80. The number of ketones is 1. The molecule has 1 fully saturated rings. The number of carbonyl (C=O) groups excluding carboxylic acids is 1. The Balaban J connectivity index is 2.57. The number of hydrogen-bond acceptors (Lipinski definition) is 2. The molecule has 0 atom stereocenters. The maximum absolute atomic E-state index is 10.8. The molecule has 0 aromatic rings. The zero-order valence-electron chi connectivity index (χ0n) is 6.89. The molecule has 1 rings (SSSR count). The van der Waals surface area contributed by atoms with Crippen LogP contribution in [0, 0.1) is 0 Å². The van der Waals surface area contributed by atoms with Gasteiger partial charge in [0.2, 0.25) is 0 Å². The van der Waals surface area contributed by atoms with E-state index >= 15 is 0 Å². The van der Waals surface area contributed by atoms with E-state index in [-0.39, 0.29) is 6.61 Å². The van der Waals surface area contributed by atoms with Crippen molar-refractivity contribution in [3.05, 3.63) is 11.1 Å². The second-order valence-corrected chi connectivity index (χ2v) is 3.08. The van der Waals surface area contributed by atoms with E-state index in [1.54, 1.807) is 0 Å². The van der Waals surface area contributed by atoms with Crippen molar-refractivity contribution in [2.75, 3.05) is 6.61 Å². The molecule has 0 aliphatic heterocycles. The molecule has 0 unspecified atom stereocenters. The molecule has 0 bridgehead atoms. The van der Waals surface area contributed by atoms with Crippen LogP contribution < -0.4 is 0 Å². The summed E-state index contributed by atoms with van der Waals surface area (Å²) in [5.74, 6) is 0.361. The molecule has 2 heteroatoms. The standard InChI is InChI=1S/C9H14O2/c1-7(6-10)8-2-4-9(11)5-3-8/h10H,2-6H2,1H3. The van der Waals surface area contributed by atoms with E-state index in [4.69, 9.17) is 5.11 Å². The average molecular weight is 154 g/mol. The van der Waals surface area contributed by atoms with Crippen LogP contribution in [0.5, 0.6) is 0 Å². The van der Waals surface area contributed by atoms with Crippen molar-refractivity contribution in [3.63, 3.8) is 0 Å². The summed E-state index contributed by atoms with van der Waals surface area (Å²) >= 11 is 0. The molecular weight excluding hydrogens is 140 g/mol. The van der Waals surface area contributed by atoms with E-state index < -0.39 is 0 Å². The first-order valence-electron chi connectivity index (χ1n) is 4.04. The third kappa shape index (κ3) is 2.15. The minimum absolute atomic E-state index is 0.142. The van der Waals surface area contributed by atoms with Crippen LogP contribution in [0.3, 0.4) is 0 Å². The van der Waals surface area contributed by atoms with Crippen molar-refractivity contribution in [2.45, 2.75) is 32.6 Å². The molecule has 0 spiro atoms. The average Bonchev–Trinajstić information content (AvgIpc) is 2.05. The van der Waals surface area contributed by atoms with E-state index in [0.717, 1.165) is 18.4 Å². The Morgan fingerprint density at radius 2 is 1.91 bits per heavy atom. The summed E-state index contributed by atoms with van der Waals surface area (Å²) in [5, 5.41) is 8.81. The summed E-state index contributed by atoms with van der Waals surface area (Å²) < 4.78 is 0. The van der Waals surface area contributed by atoms with Crippen LogP contribution in [-0.2, 0) is 4.79 Å². The first kappa shape index (κ1) is 8.47. The Labute approximate surface area is 66.9 Å². The second-order valence-electron chi connectivity index (χ2n) is 3.08. The molecule has 0 aromatic heterocycles. The van der Waals surface area contributed by atoms with Gasteiger partial charge in [-0.15, -0.1) is 0 Å². The Kier molecular flexibility index (Phi) is 2.83. The molecule has 1 aliphatic rings. The number of rotatable bonds is 1. The molecule has 0 aromatic carbocycles. The molecule has 0 amide bonds. The molecule has 1 aliphatic carbocycles. The lowest BCUT2D eigenvalue weighted by Crippen LogP contribution is -2.08. The summed E-state index contributed by atoms with van der Waals surface area (Å²) in [6, 6.07) is 0. The lowest BCUT2D eigenvalue weighted by atomic mass is 9.91. The van der Waals surface area contributed by atoms with E-state index in [2.05, 4.69) is 0 Å². The largest absolute Gasteiger partial charge is 0.392 e. The smallest absolute Gasteiger partial charge is 0.133 e. The summed E-state index contributed by atoms with van der Waals surface area (Å²) in [4.78, 5) is 10.8. The third-order valence-corrected chi connectivity index (χ3v) is 2.25. The number of hydrogen-bond donors (Lipinski definition) is 1. The van der Waals surface area contributed by atoms with E-state index in [1.165, 1.54) is 5.57 Å². The van der Waals surface area contributed by atoms with Gasteiger partial charge in [-0.05, 0) is 25.3 Å². The summed E-state index contributed by atoms with van der Waals surface area (Å²) in [6.07, 6.45) is 3.08. The van der Waals surface area contributed by atoms with Crippen molar-refractivity contribution >= 4 is 5.78 Å². The Hall–Kier alpha value is -0.630. The van der Waals surface area contributed by atoms with Gasteiger partial charge in [-0.25, -0.2) is 0 Å². The minimum Gasteiger partial charge on any atom is -0.392 e. The molecule has 11 heavy (non-hydrogen) atoms. The zero-order valence-corrected chi connectivity index (χ0v) is 6.89. The molecular formula is C9H14O2. The highest BCUT2D eigenvalue weighted by Gasteiger charge is 2.13. The van der Waals surface area contributed by atoms with Crippen LogP contribution in [0.15, 0.2) is 11.1 Å². The second kappa shape index (κ2) is 3.67. The van der Waals surface area contributed by atoms with Crippen LogP contribution in [0.2, 0.25) is 0 Å². The predicted octanol–water partition coefficient (Wildman–Crippen LogP) is 1.44. The van der Waals surface area contributed by atoms with E-state index in [1.807, 2.05) is 6.92 Å². The predicted molar refractivity (Wildman–Crippen MR) is 43.3 cm³/mol. The van der Waals surface area contributed by atoms with Crippen LogP contribution >= 0.6 is 0 Å². The topological polar surface area (TPSA) is 37.3 Å². The molecule has 1 N–H and O–H groups in total. The quantitative estimate of drug-likeness (QED) is 0.580. The van der Waals surface area contributed by atoms with Gasteiger partial charge in [-0.3, -0.25) is 4.79 Å². The SMILES string of the molecule is CC(CO)=C1CCC(=O)CC1. The monoisotopic (exact) mass is 154 g/mol. The molecule has 0 heterocycles. The van der Waals surface area contributed by atoms with E-state index in [9.17, 15) is 4.79 Å². The number of allylic oxidation sites excluding steroid dienone is 1. The molecule has 0 radical (unpaired) electrons. The Bertz CT molecular complexity index is 180. The first-order chi connectivity index (χ1) is 5.24. The number of carbonyl (C=O) groups is 1. The summed E-state index contributed by atoms with van der Waals surface area (Å²) in [7, 11) is 0. The van der Waals surface area contributed by atoms with Gasteiger partial charge in [-0.2, -0.15) is 0 Å². The van der Waals surface area contributed by atoms with Gasteiger partial charge in [0, 0.05) is 12.8 Å². The lowest BCUT2D eigenvalue weighted by Gasteiger charge is -2.15. The zero-order chi connectivity index (χ0) is 8.27. The fraction of sp³-hybridized carbons (Fsp3) is 0.667. The minimum atomic E-state index is 0.142. The summed E-state index contributed by atoms with van der Waals surface area (Å²) in [5.41, 5.74) is 2.34. The molecule has 0 saturated heterocycles. The lowest BCUT2D eigenvalue weighted by molar-refractivity contribution is -0.119. The van der Waals surface area contributed by atoms with E-state index in [0.29, 0.717) is 18.6 Å².